The van der Waals surface area contributed by atoms with Crippen molar-refractivity contribution in [1.82, 2.24) is 5.32 Å². The number of hydrogen-bond acceptors (Lipinski definition) is 2. The lowest BCUT2D eigenvalue weighted by molar-refractivity contribution is -0.148. The monoisotopic (exact) mass is 157 g/mol. The molecule has 0 aliphatic carbocycles. The van der Waals surface area contributed by atoms with Crippen LogP contribution in [-0.2, 0) is 9.59 Å². The molecule has 62 valence electrons. The Bertz CT molecular complexity index is 202. The standard InChI is InChI=1S/C7H11NO3/c1-7(6(10)11)4-2-3-5(9)8-7/h2-4H2,1H3,(H,8,9)(H,10,11)/t7-/m0/s1. The van der Waals surface area contributed by atoms with Crippen molar-refractivity contribution < 1.29 is 14.7 Å². The molecule has 0 aromatic carbocycles. The number of carboxylic acid groups (broad SMARTS) is 1. The Kier molecular flexibility index (Phi) is 1.85. The molecule has 1 saturated heterocycles. The Morgan fingerprint density at radius 1 is 1.73 bits per heavy atom. The van der Waals surface area contributed by atoms with E-state index in [0.29, 0.717) is 19.3 Å². The van der Waals surface area contributed by atoms with Gasteiger partial charge < -0.3 is 10.4 Å². The molecule has 1 fully saturated rings. The molecule has 1 aliphatic heterocycles. The molecule has 11 heavy (non-hydrogen) atoms. The van der Waals surface area contributed by atoms with Crippen molar-refractivity contribution in [1.29, 1.82) is 0 Å². The highest BCUT2D eigenvalue weighted by molar-refractivity contribution is 5.87. The fraction of sp³-hybridized carbons (Fsp3) is 0.714. The highest BCUT2D eigenvalue weighted by atomic mass is 16.4. The maximum atomic E-state index is 10.8. The van der Waals surface area contributed by atoms with Crippen LogP contribution in [0.2, 0.25) is 0 Å². The van der Waals surface area contributed by atoms with E-state index in [2.05, 4.69) is 5.32 Å². The minimum absolute atomic E-state index is 0.166. The zero-order chi connectivity index (χ0) is 8.48. The van der Waals surface area contributed by atoms with Gasteiger partial charge in [-0.05, 0) is 19.8 Å². The molecule has 4 nitrogen and oxygen atoms in total. The van der Waals surface area contributed by atoms with Gasteiger partial charge in [0.05, 0.1) is 0 Å². The molecule has 1 rings (SSSR count). The highest BCUT2D eigenvalue weighted by Crippen LogP contribution is 2.18. The Labute approximate surface area is 64.6 Å². The molecule has 1 aliphatic rings. The Hall–Kier alpha value is -1.06. The average Bonchev–Trinajstić information content (AvgIpc) is 1.86. The van der Waals surface area contributed by atoms with Gasteiger partial charge in [-0.1, -0.05) is 0 Å². The summed E-state index contributed by atoms with van der Waals surface area (Å²) in [6, 6.07) is 0. The summed E-state index contributed by atoms with van der Waals surface area (Å²) in [6.45, 7) is 1.53. The quantitative estimate of drug-likeness (QED) is 0.568. The van der Waals surface area contributed by atoms with Crippen LogP contribution >= 0.6 is 0 Å². The van der Waals surface area contributed by atoms with Crippen LogP contribution in [0.4, 0.5) is 0 Å². The first-order chi connectivity index (χ1) is 5.04. The lowest BCUT2D eigenvalue weighted by Gasteiger charge is -2.29. The van der Waals surface area contributed by atoms with Crippen molar-refractivity contribution in [3.05, 3.63) is 0 Å². The van der Waals surface area contributed by atoms with Crippen molar-refractivity contribution in [2.75, 3.05) is 0 Å². The van der Waals surface area contributed by atoms with Crippen LogP contribution in [0, 0.1) is 0 Å². The van der Waals surface area contributed by atoms with E-state index in [1.165, 1.54) is 6.92 Å². The number of carbonyl (C=O) groups is 2. The van der Waals surface area contributed by atoms with Gasteiger partial charge in [0, 0.05) is 6.42 Å². The smallest absolute Gasteiger partial charge is 0.329 e. The fourth-order valence-electron chi connectivity index (χ4n) is 1.20. The first-order valence-corrected chi connectivity index (χ1v) is 3.59. The van der Waals surface area contributed by atoms with Gasteiger partial charge in [-0.3, -0.25) is 4.79 Å². The van der Waals surface area contributed by atoms with Gasteiger partial charge in [-0.2, -0.15) is 0 Å². The van der Waals surface area contributed by atoms with Crippen LogP contribution in [0.25, 0.3) is 0 Å². The lowest BCUT2D eigenvalue weighted by atomic mass is 9.91. The van der Waals surface area contributed by atoms with Gasteiger partial charge in [-0.15, -0.1) is 0 Å². The molecule has 0 saturated carbocycles. The Balaban J connectivity index is 2.70. The largest absolute Gasteiger partial charge is 0.480 e. The third kappa shape index (κ3) is 1.50. The SMILES string of the molecule is C[C@@]1(C(=O)O)CCCC(=O)N1. The topological polar surface area (TPSA) is 66.4 Å². The second-order valence-electron chi connectivity index (χ2n) is 3.04. The normalized spacial score (nSPS) is 31.2. The summed E-state index contributed by atoms with van der Waals surface area (Å²) in [5.41, 5.74) is -1.03. The van der Waals surface area contributed by atoms with Gasteiger partial charge in [0.15, 0.2) is 0 Å². The second-order valence-corrected chi connectivity index (χ2v) is 3.04. The van der Waals surface area contributed by atoms with E-state index in [0.717, 1.165) is 0 Å². The number of hydrogen-bond donors (Lipinski definition) is 2. The molecule has 1 atom stereocenters. The van der Waals surface area contributed by atoms with E-state index < -0.39 is 11.5 Å². The molecular formula is C7H11NO3. The molecule has 4 heteroatoms. The Morgan fingerprint density at radius 2 is 2.36 bits per heavy atom. The molecule has 1 heterocycles. The number of nitrogens with one attached hydrogen (secondary N) is 1. The van der Waals surface area contributed by atoms with Crippen LogP contribution in [0.5, 0.6) is 0 Å². The molecule has 0 radical (unpaired) electrons. The van der Waals surface area contributed by atoms with Crippen LogP contribution < -0.4 is 5.32 Å². The number of rotatable bonds is 1. The number of amides is 1. The van der Waals surface area contributed by atoms with Crippen molar-refractivity contribution in [2.24, 2.45) is 0 Å². The van der Waals surface area contributed by atoms with Crippen LogP contribution in [-0.4, -0.2) is 22.5 Å². The zero-order valence-corrected chi connectivity index (χ0v) is 6.39. The van der Waals surface area contributed by atoms with E-state index in [1.54, 1.807) is 0 Å². The first kappa shape index (κ1) is 8.04. The van der Waals surface area contributed by atoms with Crippen molar-refractivity contribution in [3.63, 3.8) is 0 Å². The van der Waals surface area contributed by atoms with Gasteiger partial charge in [0.1, 0.15) is 5.54 Å². The summed E-state index contributed by atoms with van der Waals surface area (Å²) < 4.78 is 0. The van der Waals surface area contributed by atoms with Crippen LogP contribution in [0.1, 0.15) is 26.2 Å². The molecule has 0 spiro atoms. The Morgan fingerprint density at radius 3 is 2.73 bits per heavy atom. The highest BCUT2D eigenvalue weighted by Gasteiger charge is 2.36. The van der Waals surface area contributed by atoms with E-state index in [4.69, 9.17) is 5.11 Å². The molecular weight excluding hydrogens is 146 g/mol. The number of carbonyl (C=O) groups excluding carboxylic acids is 1. The molecule has 0 bridgehead atoms. The maximum Gasteiger partial charge on any atom is 0.329 e. The fourth-order valence-corrected chi connectivity index (χ4v) is 1.20. The summed E-state index contributed by atoms with van der Waals surface area (Å²) in [7, 11) is 0. The predicted octanol–water partition coefficient (Wildman–Crippen LogP) is 0.130. The average molecular weight is 157 g/mol. The van der Waals surface area contributed by atoms with E-state index in [-0.39, 0.29) is 5.91 Å². The predicted molar refractivity (Wildman–Crippen MR) is 38.0 cm³/mol. The van der Waals surface area contributed by atoms with Crippen molar-refractivity contribution in [2.45, 2.75) is 31.7 Å². The van der Waals surface area contributed by atoms with Gasteiger partial charge in [-0.25, -0.2) is 4.79 Å². The maximum absolute atomic E-state index is 10.8. The van der Waals surface area contributed by atoms with Crippen LogP contribution in [0.15, 0.2) is 0 Å². The number of carboxylic acids is 1. The number of aliphatic carboxylic acids is 1. The molecule has 0 aromatic heterocycles. The molecule has 1 amide bonds. The van der Waals surface area contributed by atoms with Crippen molar-refractivity contribution in [3.8, 4) is 0 Å². The summed E-state index contributed by atoms with van der Waals surface area (Å²) in [5.74, 6) is -1.12. The lowest BCUT2D eigenvalue weighted by Crippen LogP contribution is -2.54. The van der Waals surface area contributed by atoms with Crippen LogP contribution in [0.3, 0.4) is 0 Å². The van der Waals surface area contributed by atoms with E-state index in [9.17, 15) is 9.59 Å². The minimum Gasteiger partial charge on any atom is -0.480 e. The summed E-state index contributed by atoms with van der Waals surface area (Å²) in [5, 5.41) is 11.2. The van der Waals surface area contributed by atoms with E-state index in [1.807, 2.05) is 0 Å². The molecule has 0 aromatic rings. The summed E-state index contributed by atoms with van der Waals surface area (Å²) >= 11 is 0. The molecule has 0 unspecified atom stereocenters. The third-order valence-corrected chi connectivity index (χ3v) is 1.97. The van der Waals surface area contributed by atoms with Gasteiger partial charge in [0.25, 0.3) is 0 Å². The van der Waals surface area contributed by atoms with Crippen molar-refractivity contribution >= 4 is 11.9 Å². The minimum atomic E-state index is -1.03. The van der Waals surface area contributed by atoms with E-state index >= 15 is 0 Å². The third-order valence-electron chi connectivity index (χ3n) is 1.97. The second kappa shape index (κ2) is 2.53. The van der Waals surface area contributed by atoms with Gasteiger partial charge >= 0.3 is 5.97 Å². The number of piperidine rings is 1. The molecule has 2 N–H and O–H groups in total. The zero-order valence-electron chi connectivity index (χ0n) is 6.39. The van der Waals surface area contributed by atoms with Gasteiger partial charge in [0.2, 0.25) is 5.91 Å². The summed E-state index contributed by atoms with van der Waals surface area (Å²) in [6.07, 6.45) is 1.63. The first-order valence-electron chi connectivity index (χ1n) is 3.59. The summed E-state index contributed by atoms with van der Waals surface area (Å²) in [4.78, 5) is 21.4.